The summed E-state index contributed by atoms with van der Waals surface area (Å²) in [6, 6.07) is 13.3. The Morgan fingerprint density at radius 1 is 1.16 bits per heavy atom. The monoisotopic (exact) mass is 273 g/mol. The fraction of sp³-hybridized carbons (Fsp3) is 0.188. The second-order valence-corrected chi connectivity index (χ2v) is 4.82. The van der Waals surface area contributed by atoms with E-state index in [2.05, 4.69) is 6.92 Å². The maximum absolute atomic E-state index is 11.6. The lowest BCUT2D eigenvalue weighted by molar-refractivity contribution is 0.100. The van der Waals surface area contributed by atoms with Gasteiger partial charge in [-0.2, -0.15) is 0 Å². The molecule has 19 heavy (non-hydrogen) atoms. The number of rotatable bonds is 4. The van der Waals surface area contributed by atoms with Crippen LogP contribution in [-0.4, -0.2) is 5.91 Å². The topological polar surface area (TPSA) is 43.1 Å². The highest BCUT2D eigenvalue weighted by atomic mass is 35.5. The zero-order valence-electron chi connectivity index (χ0n) is 10.8. The minimum absolute atomic E-state index is 0.455. The van der Waals surface area contributed by atoms with E-state index in [1.807, 2.05) is 36.4 Å². The van der Waals surface area contributed by atoms with E-state index in [9.17, 15) is 4.79 Å². The van der Waals surface area contributed by atoms with Crippen molar-refractivity contribution in [3.8, 4) is 11.1 Å². The van der Waals surface area contributed by atoms with Crippen molar-refractivity contribution >= 4 is 17.5 Å². The zero-order valence-corrected chi connectivity index (χ0v) is 11.6. The summed E-state index contributed by atoms with van der Waals surface area (Å²) in [6.07, 6.45) is 1.89. The summed E-state index contributed by atoms with van der Waals surface area (Å²) in [4.78, 5) is 11.6. The van der Waals surface area contributed by atoms with Crippen molar-refractivity contribution in [1.29, 1.82) is 0 Å². The lowest BCUT2D eigenvalue weighted by Gasteiger charge is -2.13. The molecule has 2 nitrogen and oxygen atoms in total. The predicted octanol–water partition coefficient (Wildman–Crippen LogP) is 4.06. The lowest BCUT2D eigenvalue weighted by atomic mass is 9.95. The molecule has 2 aromatic carbocycles. The largest absolute Gasteiger partial charge is 0.366 e. The molecule has 0 fully saturated rings. The molecule has 3 heteroatoms. The van der Waals surface area contributed by atoms with Crippen LogP contribution in [0.3, 0.4) is 0 Å². The molecule has 0 atom stereocenters. The SMILES string of the molecule is CCCc1ccc(C(N)=O)c(-c2ccccc2)c1Cl. The number of hydrogen-bond donors (Lipinski definition) is 1. The van der Waals surface area contributed by atoms with Crippen molar-refractivity contribution in [3.05, 3.63) is 58.6 Å². The van der Waals surface area contributed by atoms with Crippen molar-refractivity contribution < 1.29 is 4.79 Å². The van der Waals surface area contributed by atoms with Crippen LogP contribution in [0, 0.1) is 0 Å². The fourth-order valence-corrected chi connectivity index (χ4v) is 2.54. The minimum atomic E-state index is -0.455. The van der Waals surface area contributed by atoms with Crippen molar-refractivity contribution in [1.82, 2.24) is 0 Å². The Morgan fingerprint density at radius 2 is 1.84 bits per heavy atom. The number of benzene rings is 2. The van der Waals surface area contributed by atoms with Gasteiger partial charge >= 0.3 is 0 Å². The summed E-state index contributed by atoms with van der Waals surface area (Å²) in [5.41, 5.74) is 8.62. The van der Waals surface area contributed by atoms with Crippen molar-refractivity contribution in [2.24, 2.45) is 5.73 Å². The summed E-state index contributed by atoms with van der Waals surface area (Å²) >= 11 is 6.46. The standard InChI is InChI=1S/C16H16ClNO/c1-2-6-12-9-10-13(16(18)19)14(15(12)17)11-7-4-3-5-8-11/h3-5,7-10H,2,6H2,1H3,(H2,18,19). The fourth-order valence-electron chi connectivity index (χ4n) is 2.17. The van der Waals surface area contributed by atoms with Gasteiger partial charge in [-0.25, -0.2) is 0 Å². The number of amides is 1. The van der Waals surface area contributed by atoms with Gasteiger partial charge in [0.2, 0.25) is 5.91 Å². The van der Waals surface area contributed by atoms with E-state index < -0.39 is 5.91 Å². The van der Waals surface area contributed by atoms with Gasteiger partial charge in [-0.15, -0.1) is 0 Å². The van der Waals surface area contributed by atoms with E-state index in [-0.39, 0.29) is 0 Å². The number of primary amides is 1. The first-order chi connectivity index (χ1) is 9.15. The maximum Gasteiger partial charge on any atom is 0.249 e. The van der Waals surface area contributed by atoms with Crippen LogP contribution < -0.4 is 5.73 Å². The van der Waals surface area contributed by atoms with Crippen LogP contribution in [0.15, 0.2) is 42.5 Å². The van der Waals surface area contributed by atoms with Crippen LogP contribution in [-0.2, 0) is 6.42 Å². The van der Waals surface area contributed by atoms with Crippen LogP contribution in [0.1, 0.15) is 29.3 Å². The van der Waals surface area contributed by atoms with Crippen molar-refractivity contribution in [3.63, 3.8) is 0 Å². The van der Waals surface area contributed by atoms with Gasteiger partial charge in [0.15, 0.2) is 0 Å². The summed E-state index contributed by atoms with van der Waals surface area (Å²) in [5.74, 6) is -0.455. The summed E-state index contributed by atoms with van der Waals surface area (Å²) in [7, 11) is 0. The van der Waals surface area contributed by atoms with Crippen LogP contribution in [0.5, 0.6) is 0 Å². The highest BCUT2D eigenvalue weighted by Crippen LogP contribution is 2.34. The van der Waals surface area contributed by atoms with E-state index in [1.54, 1.807) is 6.07 Å². The minimum Gasteiger partial charge on any atom is -0.366 e. The molecule has 2 aromatic rings. The predicted molar refractivity (Wildman–Crippen MR) is 79.4 cm³/mol. The quantitative estimate of drug-likeness (QED) is 0.897. The molecule has 0 bridgehead atoms. The second kappa shape index (κ2) is 5.89. The van der Waals surface area contributed by atoms with E-state index in [0.29, 0.717) is 10.6 Å². The molecule has 0 radical (unpaired) electrons. The summed E-state index contributed by atoms with van der Waals surface area (Å²) in [5, 5.41) is 0.629. The lowest BCUT2D eigenvalue weighted by Crippen LogP contribution is -2.13. The Hall–Kier alpha value is -1.80. The maximum atomic E-state index is 11.6. The third kappa shape index (κ3) is 2.79. The molecule has 0 saturated heterocycles. The highest BCUT2D eigenvalue weighted by Gasteiger charge is 2.16. The molecule has 2 N–H and O–H groups in total. The first-order valence-electron chi connectivity index (χ1n) is 6.31. The van der Waals surface area contributed by atoms with Gasteiger partial charge in [0.1, 0.15) is 0 Å². The molecular weight excluding hydrogens is 258 g/mol. The highest BCUT2D eigenvalue weighted by molar-refractivity contribution is 6.35. The molecule has 0 aliphatic rings. The normalized spacial score (nSPS) is 10.4. The van der Waals surface area contributed by atoms with Crippen LogP contribution in [0.25, 0.3) is 11.1 Å². The van der Waals surface area contributed by atoms with Gasteiger partial charge in [0.05, 0.1) is 5.02 Å². The third-order valence-electron chi connectivity index (χ3n) is 3.07. The van der Waals surface area contributed by atoms with E-state index in [1.165, 1.54) is 0 Å². The molecule has 1 amide bonds. The van der Waals surface area contributed by atoms with Gasteiger partial charge in [-0.1, -0.05) is 61.3 Å². The molecule has 0 heterocycles. The number of aryl methyl sites for hydroxylation is 1. The number of carbonyl (C=O) groups is 1. The number of halogens is 1. The van der Waals surface area contributed by atoms with Gasteiger partial charge in [-0.05, 0) is 23.6 Å². The number of hydrogen-bond acceptors (Lipinski definition) is 1. The van der Waals surface area contributed by atoms with Crippen LogP contribution in [0.4, 0.5) is 0 Å². The van der Waals surface area contributed by atoms with E-state index in [0.717, 1.165) is 29.5 Å². The summed E-state index contributed by atoms with van der Waals surface area (Å²) < 4.78 is 0. The Balaban J connectivity index is 2.67. The molecule has 0 spiro atoms. The van der Waals surface area contributed by atoms with Gasteiger partial charge in [0, 0.05) is 11.1 Å². The molecular formula is C16H16ClNO. The third-order valence-corrected chi connectivity index (χ3v) is 3.50. The molecule has 0 aromatic heterocycles. The molecule has 0 unspecified atom stereocenters. The van der Waals surface area contributed by atoms with E-state index >= 15 is 0 Å². The Kier molecular flexibility index (Phi) is 4.23. The zero-order chi connectivity index (χ0) is 13.8. The van der Waals surface area contributed by atoms with Gasteiger partial charge < -0.3 is 5.73 Å². The Bertz CT molecular complexity index is 593. The summed E-state index contributed by atoms with van der Waals surface area (Å²) in [6.45, 7) is 2.10. The molecule has 98 valence electrons. The molecule has 0 aliphatic heterocycles. The van der Waals surface area contributed by atoms with Crippen LogP contribution >= 0.6 is 11.6 Å². The van der Waals surface area contributed by atoms with E-state index in [4.69, 9.17) is 17.3 Å². The van der Waals surface area contributed by atoms with Crippen LogP contribution in [0.2, 0.25) is 5.02 Å². The van der Waals surface area contributed by atoms with Crippen molar-refractivity contribution in [2.75, 3.05) is 0 Å². The molecule has 0 saturated carbocycles. The Labute approximate surface area is 118 Å². The molecule has 2 rings (SSSR count). The van der Waals surface area contributed by atoms with Gasteiger partial charge in [0.25, 0.3) is 0 Å². The average molecular weight is 274 g/mol. The van der Waals surface area contributed by atoms with Gasteiger partial charge in [-0.3, -0.25) is 4.79 Å². The smallest absolute Gasteiger partial charge is 0.249 e. The first-order valence-corrected chi connectivity index (χ1v) is 6.69. The number of carbonyl (C=O) groups excluding carboxylic acids is 1. The number of nitrogens with two attached hydrogens (primary N) is 1. The second-order valence-electron chi connectivity index (χ2n) is 4.44. The van der Waals surface area contributed by atoms with Crippen molar-refractivity contribution in [2.45, 2.75) is 19.8 Å². The Morgan fingerprint density at radius 3 is 2.42 bits per heavy atom. The molecule has 0 aliphatic carbocycles. The first kappa shape index (κ1) is 13.6. The average Bonchev–Trinajstić information content (AvgIpc) is 2.41.